The van der Waals surface area contributed by atoms with Crippen molar-refractivity contribution in [1.29, 1.82) is 0 Å². The van der Waals surface area contributed by atoms with Gasteiger partial charge in [0.15, 0.2) is 0 Å². The minimum atomic E-state index is 1.00. The first-order valence-electron chi connectivity index (χ1n) is 3.23. The molecule has 52 valence electrons. The molecule has 0 aromatic carbocycles. The minimum absolute atomic E-state index is 1.00. The van der Waals surface area contributed by atoms with Gasteiger partial charge < -0.3 is 0 Å². The van der Waals surface area contributed by atoms with Gasteiger partial charge >= 0.3 is 0 Å². The highest BCUT2D eigenvalue weighted by molar-refractivity contribution is 9.09. The molecule has 0 bridgehead atoms. The Hall–Kier alpha value is -0.0400. The van der Waals surface area contributed by atoms with E-state index in [1.54, 1.807) is 0 Å². The number of alkyl halides is 1. The van der Waals surface area contributed by atoms with Crippen LogP contribution >= 0.6 is 15.9 Å². The lowest BCUT2D eigenvalue weighted by atomic mass is 10.3. The van der Waals surface area contributed by atoms with E-state index in [-0.39, 0.29) is 0 Å². The van der Waals surface area contributed by atoms with Crippen LogP contribution in [0.3, 0.4) is 0 Å². The van der Waals surface area contributed by atoms with E-state index in [2.05, 4.69) is 34.7 Å². The number of allylic oxidation sites excluding steroid dienone is 3. The highest BCUT2D eigenvalue weighted by Gasteiger charge is 1.76. The van der Waals surface area contributed by atoms with Crippen LogP contribution in [0.5, 0.6) is 0 Å². The van der Waals surface area contributed by atoms with Gasteiger partial charge in [0.2, 0.25) is 0 Å². The molecule has 0 saturated heterocycles. The lowest BCUT2D eigenvalue weighted by molar-refractivity contribution is 0.974. The minimum Gasteiger partial charge on any atom is -0.103 e. The van der Waals surface area contributed by atoms with E-state index >= 15 is 0 Å². The van der Waals surface area contributed by atoms with Gasteiger partial charge in [-0.25, -0.2) is 0 Å². The Morgan fingerprint density at radius 1 is 1.33 bits per heavy atom. The van der Waals surface area contributed by atoms with Crippen LogP contribution in [0.2, 0.25) is 0 Å². The van der Waals surface area contributed by atoms with Gasteiger partial charge in [-0.3, -0.25) is 0 Å². The average molecular weight is 189 g/mol. The molecule has 0 atom stereocenters. The lowest BCUT2D eigenvalue weighted by Crippen LogP contribution is -1.69. The van der Waals surface area contributed by atoms with E-state index in [1.165, 1.54) is 12.8 Å². The number of halogens is 1. The SMILES string of the molecule is C=CC/C=C/CCCBr. The smallest absolute Gasteiger partial charge is 0.00342 e. The molecule has 0 nitrogen and oxygen atoms in total. The second-order valence-electron chi connectivity index (χ2n) is 1.83. The summed E-state index contributed by atoms with van der Waals surface area (Å²) in [6, 6.07) is 0. The highest BCUT2D eigenvalue weighted by Crippen LogP contribution is 1.95. The van der Waals surface area contributed by atoms with Gasteiger partial charge in [-0.2, -0.15) is 0 Å². The molecule has 0 aromatic rings. The summed E-state index contributed by atoms with van der Waals surface area (Å²) >= 11 is 3.36. The van der Waals surface area contributed by atoms with E-state index in [0.717, 1.165) is 11.8 Å². The molecule has 0 saturated carbocycles. The van der Waals surface area contributed by atoms with E-state index in [4.69, 9.17) is 0 Å². The molecule has 0 aliphatic carbocycles. The summed E-state index contributed by atoms with van der Waals surface area (Å²) < 4.78 is 0. The monoisotopic (exact) mass is 188 g/mol. The number of hydrogen-bond acceptors (Lipinski definition) is 0. The Kier molecular flexibility index (Phi) is 7.92. The standard InChI is InChI=1S/C8H13Br/c1-2-3-4-5-6-7-8-9/h2,4-5H,1,3,6-8H2/b5-4+. The molecule has 0 spiro atoms. The summed E-state index contributed by atoms with van der Waals surface area (Å²) in [6.45, 7) is 3.62. The number of rotatable bonds is 5. The number of unbranched alkanes of at least 4 members (excludes halogenated alkanes) is 1. The van der Waals surface area contributed by atoms with Gasteiger partial charge in [0.25, 0.3) is 0 Å². The molecular formula is C8H13Br. The molecule has 0 aromatic heterocycles. The number of hydrogen-bond donors (Lipinski definition) is 0. The van der Waals surface area contributed by atoms with Gasteiger partial charge in [0, 0.05) is 5.33 Å². The topological polar surface area (TPSA) is 0 Å². The Labute approximate surface area is 65.8 Å². The van der Waals surface area contributed by atoms with Crippen LogP contribution in [-0.4, -0.2) is 5.33 Å². The average Bonchev–Trinajstić information content (AvgIpc) is 1.89. The first kappa shape index (κ1) is 8.96. The first-order chi connectivity index (χ1) is 4.41. The summed E-state index contributed by atoms with van der Waals surface area (Å²) in [5.41, 5.74) is 0. The van der Waals surface area contributed by atoms with Crippen LogP contribution < -0.4 is 0 Å². The maximum atomic E-state index is 3.62. The Morgan fingerprint density at radius 2 is 2.11 bits per heavy atom. The predicted molar refractivity (Wildman–Crippen MR) is 47.0 cm³/mol. The van der Waals surface area contributed by atoms with E-state index in [9.17, 15) is 0 Å². The molecule has 0 N–H and O–H groups in total. The zero-order valence-corrected chi connectivity index (χ0v) is 7.23. The summed E-state index contributed by atoms with van der Waals surface area (Å²) in [4.78, 5) is 0. The van der Waals surface area contributed by atoms with Crippen LogP contribution in [0.15, 0.2) is 24.8 Å². The van der Waals surface area contributed by atoms with Crippen LogP contribution in [0, 0.1) is 0 Å². The molecule has 0 radical (unpaired) electrons. The van der Waals surface area contributed by atoms with Crippen LogP contribution in [-0.2, 0) is 0 Å². The highest BCUT2D eigenvalue weighted by atomic mass is 79.9. The Balaban J connectivity index is 2.94. The molecular weight excluding hydrogens is 176 g/mol. The van der Waals surface area contributed by atoms with Crippen LogP contribution in [0.4, 0.5) is 0 Å². The molecule has 0 unspecified atom stereocenters. The molecule has 0 amide bonds. The molecule has 1 heteroatoms. The fraction of sp³-hybridized carbons (Fsp3) is 0.500. The summed E-state index contributed by atoms with van der Waals surface area (Å²) in [6.07, 6.45) is 9.66. The second-order valence-corrected chi connectivity index (χ2v) is 2.62. The van der Waals surface area contributed by atoms with E-state index in [1.807, 2.05) is 6.08 Å². The van der Waals surface area contributed by atoms with Crippen molar-refractivity contribution in [3.8, 4) is 0 Å². The van der Waals surface area contributed by atoms with Crippen molar-refractivity contribution in [1.82, 2.24) is 0 Å². The summed E-state index contributed by atoms with van der Waals surface area (Å²) in [5, 5.41) is 1.10. The largest absolute Gasteiger partial charge is 0.103 e. The molecule has 9 heavy (non-hydrogen) atoms. The van der Waals surface area contributed by atoms with Crippen LogP contribution in [0.1, 0.15) is 19.3 Å². The fourth-order valence-corrected chi connectivity index (χ4v) is 0.829. The molecule has 0 rings (SSSR count). The third-order valence-corrected chi connectivity index (χ3v) is 1.53. The normalized spacial score (nSPS) is 10.3. The van der Waals surface area contributed by atoms with Gasteiger partial charge in [0.1, 0.15) is 0 Å². The lowest BCUT2D eigenvalue weighted by Gasteiger charge is -1.85. The van der Waals surface area contributed by atoms with E-state index in [0.29, 0.717) is 0 Å². The van der Waals surface area contributed by atoms with Crippen molar-refractivity contribution in [3.05, 3.63) is 24.8 Å². The van der Waals surface area contributed by atoms with Crippen LogP contribution in [0.25, 0.3) is 0 Å². The maximum absolute atomic E-state index is 3.62. The third kappa shape index (κ3) is 7.96. The zero-order chi connectivity index (χ0) is 6.95. The maximum Gasteiger partial charge on any atom is 0.00342 e. The zero-order valence-electron chi connectivity index (χ0n) is 5.65. The Bertz CT molecular complexity index is 84.6. The first-order valence-corrected chi connectivity index (χ1v) is 4.36. The predicted octanol–water partition coefficient (Wildman–Crippen LogP) is 3.29. The van der Waals surface area contributed by atoms with E-state index < -0.39 is 0 Å². The van der Waals surface area contributed by atoms with Gasteiger partial charge in [0.05, 0.1) is 0 Å². The van der Waals surface area contributed by atoms with Gasteiger partial charge in [-0.05, 0) is 19.3 Å². The van der Waals surface area contributed by atoms with Crippen molar-refractivity contribution in [2.24, 2.45) is 0 Å². The molecule has 0 aliphatic heterocycles. The van der Waals surface area contributed by atoms with Gasteiger partial charge in [-0.15, -0.1) is 6.58 Å². The van der Waals surface area contributed by atoms with Crippen molar-refractivity contribution in [3.63, 3.8) is 0 Å². The summed E-state index contributed by atoms with van der Waals surface area (Å²) in [5.74, 6) is 0. The van der Waals surface area contributed by atoms with Crippen molar-refractivity contribution >= 4 is 15.9 Å². The molecule has 0 fully saturated rings. The van der Waals surface area contributed by atoms with Crippen molar-refractivity contribution in [2.75, 3.05) is 5.33 Å². The third-order valence-electron chi connectivity index (χ3n) is 0.974. The van der Waals surface area contributed by atoms with Crippen molar-refractivity contribution < 1.29 is 0 Å². The fourth-order valence-electron chi connectivity index (χ4n) is 0.505. The van der Waals surface area contributed by atoms with Gasteiger partial charge in [-0.1, -0.05) is 34.2 Å². The molecule has 0 aliphatic rings. The summed E-state index contributed by atoms with van der Waals surface area (Å²) in [7, 11) is 0. The quantitative estimate of drug-likeness (QED) is 0.353. The molecule has 0 heterocycles. The van der Waals surface area contributed by atoms with Crippen molar-refractivity contribution in [2.45, 2.75) is 19.3 Å². The Morgan fingerprint density at radius 3 is 2.67 bits per heavy atom. The second kappa shape index (κ2) is 7.96.